The summed E-state index contributed by atoms with van der Waals surface area (Å²) in [6.45, 7) is 4.00. The summed E-state index contributed by atoms with van der Waals surface area (Å²) in [6, 6.07) is 68.4. The molecule has 75 heavy (non-hydrogen) atoms. The Bertz CT molecular complexity index is 4610. The molecule has 0 spiro atoms. The molecule has 0 amide bonds. The molecular weight excluding hydrogens is 933 g/mol. The predicted octanol–water partition coefficient (Wildman–Crippen LogP) is 18.7. The van der Waals surface area contributed by atoms with Crippen LogP contribution in [-0.4, -0.2) is 19.5 Å². The fourth-order valence-electron chi connectivity index (χ4n) is 12.8. The van der Waals surface area contributed by atoms with Crippen LogP contribution in [0.1, 0.15) is 66.1 Å². The van der Waals surface area contributed by atoms with Gasteiger partial charge in [-0.1, -0.05) is 190 Å². The molecule has 9 aromatic carbocycles. The highest BCUT2D eigenvalue weighted by Gasteiger charge is 2.48. The summed E-state index contributed by atoms with van der Waals surface area (Å²) in [4.78, 5) is 18.1. The Morgan fingerprint density at radius 3 is 1.95 bits per heavy atom. The fraction of sp³-hybridized carbons (Fsp3) is 0.116. The molecule has 2 fully saturated rings. The van der Waals surface area contributed by atoms with E-state index in [0.717, 1.165) is 79.2 Å². The van der Waals surface area contributed by atoms with E-state index < -0.39 is 0 Å². The molecule has 0 radical (unpaired) electrons. The van der Waals surface area contributed by atoms with Gasteiger partial charge in [-0.25, -0.2) is 4.98 Å². The van der Waals surface area contributed by atoms with E-state index in [1.54, 1.807) is 4.88 Å². The molecule has 13 aromatic rings. The van der Waals surface area contributed by atoms with Crippen LogP contribution < -0.4 is 0 Å². The third kappa shape index (κ3) is 6.52. The van der Waals surface area contributed by atoms with Gasteiger partial charge in [-0.15, -0.1) is 11.3 Å². The summed E-state index contributed by atoms with van der Waals surface area (Å²) < 4.78 is 10.3. The molecular formula is C69H48N4OS. The molecule has 5 nitrogen and oxygen atoms in total. The van der Waals surface area contributed by atoms with Crippen LogP contribution in [0.2, 0.25) is 0 Å². The van der Waals surface area contributed by atoms with Crippen LogP contribution in [-0.2, 0) is 0 Å². The van der Waals surface area contributed by atoms with Gasteiger partial charge in [-0.2, -0.15) is 9.97 Å². The minimum absolute atomic E-state index is 0.291. The van der Waals surface area contributed by atoms with Crippen molar-refractivity contribution in [2.45, 2.75) is 38.5 Å². The normalized spacial score (nSPS) is 17.9. The summed E-state index contributed by atoms with van der Waals surface area (Å²) in [6.07, 6.45) is 9.34. The molecule has 0 N–H and O–H groups in total. The SMILES string of the molecule is C1=CC2CC2c2sc3cc(-c4cccc(-c5cccc(-c6cccc7c8c9ccccc9c9ccccc9c8n(-c8nc(C9=Cc%10oc%11ccccc%11c%10C%10CC9%10)nc(-c9ccccc9)n8)c67)c5)c4)ccc3c21.CC. The maximum Gasteiger partial charge on any atom is 0.238 e. The number of fused-ring (bicyclic) bond motifs is 18. The number of nitrogens with zero attached hydrogens (tertiary/aromatic N) is 4. The van der Waals surface area contributed by atoms with E-state index in [4.69, 9.17) is 19.4 Å². The zero-order valence-electron chi connectivity index (χ0n) is 41.5. The van der Waals surface area contributed by atoms with E-state index in [0.29, 0.717) is 29.4 Å². The molecule has 4 heterocycles. The molecule has 2 saturated carbocycles. The quantitative estimate of drug-likeness (QED) is 0.156. The lowest BCUT2D eigenvalue weighted by molar-refractivity contribution is 0.596. The van der Waals surface area contributed by atoms with Gasteiger partial charge >= 0.3 is 0 Å². The molecule has 0 saturated heterocycles. The first kappa shape index (κ1) is 42.8. The predicted molar refractivity (Wildman–Crippen MR) is 312 cm³/mol. The Balaban J connectivity index is 0.00000236. The van der Waals surface area contributed by atoms with E-state index in [2.05, 4.69) is 205 Å². The molecule has 17 rings (SSSR count). The van der Waals surface area contributed by atoms with Crippen molar-refractivity contribution in [2.75, 3.05) is 0 Å². The average molecular weight is 981 g/mol. The van der Waals surface area contributed by atoms with Gasteiger partial charge in [0.15, 0.2) is 11.6 Å². The summed E-state index contributed by atoms with van der Waals surface area (Å²) >= 11 is 2.00. The lowest BCUT2D eigenvalue weighted by Crippen LogP contribution is -2.10. The summed E-state index contributed by atoms with van der Waals surface area (Å²) in [5, 5.41) is 9.67. The number of furan rings is 1. The van der Waals surface area contributed by atoms with Crippen molar-refractivity contribution < 1.29 is 4.42 Å². The zero-order chi connectivity index (χ0) is 49.5. The van der Waals surface area contributed by atoms with Gasteiger partial charge in [0.1, 0.15) is 11.3 Å². The molecule has 4 atom stereocenters. The van der Waals surface area contributed by atoms with Crippen LogP contribution in [0.5, 0.6) is 0 Å². The Kier molecular flexibility index (Phi) is 9.35. The highest BCUT2D eigenvalue weighted by Crippen LogP contribution is 2.61. The lowest BCUT2D eigenvalue weighted by Gasteiger charge is -2.16. The molecule has 4 unspecified atom stereocenters. The van der Waals surface area contributed by atoms with Crippen LogP contribution in [0.3, 0.4) is 0 Å². The highest BCUT2D eigenvalue weighted by molar-refractivity contribution is 7.19. The smallest absolute Gasteiger partial charge is 0.238 e. The van der Waals surface area contributed by atoms with Crippen molar-refractivity contribution >= 4 is 93.5 Å². The summed E-state index contributed by atoms with van der Waals surface area (Å²) in [7, 11) is 0. The first-order valence-corrected chi connectivity index (χ1v) is 27.4. The summed E-state index contributed by atoms with van der Waals surface area (Å²) in [5.41, 5.74) is 14.9. The third-order valence-electron chi connectivity index (χ3n) is 16.4. The van der Waals surface area contributed by atoms with E-state index in [1.165, 1.54) is 71.3 Å². The highest BCUT2D eigenvalue weighted by atomic mass is 32.1. The first-order valence-electron chi connectivity index (χ1n) is 26.5. The second-order valence-electron chi connectivity index (χ2n) is 20.5. The number of para-hydroxylation sites is 2. The van der Waals surface area contributed by atoms with Gasteiger partial charge in [-0.05, 0) is 110 Å². The van der Waals surface area contributed by atoms with E-state index in [9.17, 15) is 0 Å². The molecule has 6 heteroatoms. The van der Waals surface area contributed by atoms with Gasteiger partial charge in [0, 0.05) is 64.7 Å². The van der Waals surface area contributed by atoms with Crippen molar-refractivity contribution in [3.63, 3.8) is 0 Å². The molecule has 4 aliphatic rings. The van der Waals surface area contributed by atoms with Gasteiger partial charge in [0.2, 0.25) is 5.95 Å². The number of hydrogen-bond donors (Lipinski definition) is 0. The Morgan fingerprint density at radius 2 is 1.13 bits per heavy atom. The topological polar surface area (TPSA) is 56.7 Å². The van der Waals surface area contributed by atoms with Crippen molar-refractivity contribution in [2.24, 2.45) is 11.8 Å². The molecule has 4 aromatic heterocycles. The van der Waals surface area contributed by atoms with Gasteiger partial charge in [-0.3, -0.25) is 4.57 Å². The van der Waals surface area contributed by atoms with Crippen LogP contribution in [0.25, 0.3) is 133 Å². The van der Waals surface area contributed by atoms with E-state index in [-0.39, 0.29) is 0 Å². The Morgan fingerprint density at radius 1 is 0.493 bits per heavy atom. The van der Waals surface area contributed by atoms with Crippen LogP contribution in [0.15, 0.2) is 199 Å². The third-order valence-corrected chi connectivity index (χ3v) is 17.7. The number of aromatic nitrogens is 4. The number of allylic oxidation sites excluding steroid dienone is 2. The largest absolute Gasteiger partial charge is 0.456 e. The van der Waals surface area contributed by atoms with Crippen molar-refractivity contribution in [3.05, 3.63) is 222 Å². The van der Waals surface area contributed by atoms with Gasteiger partial charge in [0.05, 0.1) is 11.0 Å². The van der Waals surface area contributed by atoms with Gasteiger partial charge in [0.25, 0.3) is 0 Å². The second kappa shape index (κ2) is 16.4. The first-order chi connectivity index (χ1) is 37.2. The maximum absolute atomic E-state index is 6.58. The van der Waals surface area contributed by atoms with Gasteiger partial charge < -0.3 is 4.42 Å². The number of benzene rings is 9. The zero-order valence-corrected chi connectivity index (χ0v) is 42.3. The number of hydrogen-bond acceptors (Lipinski definition) is 5. The standard InChI is InChI=1S/C67H42N4OS.C2H6/c1-2-13-37(14-3-1)65-68-66(56-36-58-60(55-35-54(55)56)51-23-8-9-26-57(51)72-58)70-67(69-65)71-62-44(24-12-25-52(62)61-48-21-6-4-19-45(48)46-20-5-7-22-49(46)63(61)71)42-18-11-17-40(32-42)38-15-10-16-39(31-38)41-27-29-47-50-30-28-43-33-53(43)64(50)73-59(47)34-41;1-2/h1-32,34,36,43,53-55H,33,35H2;1-2H3. The minimum Gasteiger partial charge on any atom is -0.456 e. The Labute approximate surface area is 437 Å². The average Bonchev–Trinajstić information content (AvgIpc) is 4.36. The molecule has 356 valence electrons. The van der Waals surface area contributed by atoms with Crippen molar-refractivity contribution in [1.82, 2.24) is 19.5 Å². The van der Waals surface area contributed by atoms with Crippen LogP contribution in [0.4, 0.5) is 0 Å². The van der Waals surface area contributed by atoms with E-state index >= 15 is 0 Å². The number of rotatable bonds is 6. The molecule has 4 aliphatic carbocycles. The monoisotopic (exact) mass is 980 g/mol. The van der Waals surface area contributed by atoms with E-state index in [1.807, 2.05) is 31.3 Å². The number of thiophene rings is 1. The van der Waals surface area contributed by atoms with Crippen LogP contribution in [0, 0.1) is 11.8 Å². The minimum atomic E-state index is 0.291. The second-order valence-corrected chi connectivity index (χ2v) is 21.6. The lowest BCUT2D eigenvalue weighted by atomic mass is 9.94. The fourth-order valence-corrected chi connectivity index (χ4v) is 14.3. The van der Waals surface area contributed by atoms with Crippen molar-refractivity contribution in [3.8, 4) is 50.7 Å². The van der Waals surface area contributed by atoms with Crippen LogP contribution >= 0.6 is 11.3 Å². The summed E-state index contributed by atoms with van der Waals surface area (Å²) in [5.74, 6) is 4.95. The Hall–Kier alpha value is -8.71. The maximum atomic E-state index is 6.58. The molecule has 0 bridgehead atoms. The van der Waals surface area contributed by atoms with Crippen molar-refractivity contribution in [1.29, 1.82) is 0 Å². The molecule has 0 aliphatic heterocycles.